The predicted octanol–water partition coefficient (Wildman–Crippen LogP) is 5.75. The summed E-state index contributed by atoms with van der Waals surface area (Å²) in [6.45, 7) is 2.96. The maximum Gasteiger partial charge on any atom is 0.573 e. The van der Waals surface area contributed by atoms with Crippen LogP contribution in [0.15, 0.2) is 60.7 Å². The highest BCUT2D eigenvalue weighted by molar-refractivity contribution is 6.10. The molecule has 0 saturated heterocycles. The van der Waals surface area contributed by atoms with Gasteiger partial charge in [-0.3, -0.25) is 9.59 Å². The topological polar surface area (TPSA) is 74.3 Å². The molecule has 38 heavy (non-hydrogen) atoms. The van der Waals surface area contributed by atoms with Crippen LogP contribution in [0.5, 0.6) is 17.2 Å². The summed E-state index contributed by atoms with van der Waals surface area (Å²) in [5.41, 5.74) is 3.51. The van der Waals surface area contributed by atoms with E-state index >= 15 is 0 Å². The molecule has 7 nitrogen and oxygen atoms in total. The zero-order valence-electron chi connectivity index (χ0n) is 20.4. The van der Waals surface area contributed by atoms with E-state index in [1.54, 1.807) is 25.1 Å². The number of benzene rings is 3. The maximum atomic E-state index is 13.0. The van der Waals surface area contributed by atoms with E-state index in [0.717, 1.165) is 16.7 Å². The molecule has 2 aliphatic rings. The van der Waals surface area contributed by atoms with Crippen LogP contribution in [0, 0.1) is 0 Å². The highest BCUT2D eigenvalue weighted by Gasteiger charge is 2.33. The van der Waals surface area contributed by atoms with Gasteiger partial charge in [0.05, 0.1) is 26.2 Å². The number of nitrogens with zero attached hydrogens (tertiary/aromatic N) is 1. The number of amides is 1. The summed E-state index contributed by atoms with van der Waals surface area (Å²) in [6, 6.07) is 16.0. The van der Waals surface area contributed by atoms with E-state index in [0.29, 0.717) is 36.0 Å². The second-order valence-electron chi connectivity index (χ2n) is 8.88. The minimum absolute atomic E-state index is 0.0680. The van der Waals surface area contributed by atoms with Crippen LogP contribution in [-0.2, 0) is 22.7 Å². The highest BCUT2D eigenvalue weighted by atomic mass is 19.4. The number of hydrogen-bond donors (Lipinski definition) is 0. The van der Waals surface area contributed by atoms with Crippen molar-refractivity contribution in [1.82, 2.24) is 0 Å². The molecule has 0 N–H and O–H groups in total. The van der Waals surface area contributed by atoms with E-state index in [-0.39, 0.29) is 43.1 Å². The first kappa shape index (κ1) is 25.4. The summed E-state index contributed by atoms with van der Waals surface area (Å²) in [5, 5.41) is 0. The van der Waals surface area contributed by atoms with E-state index in [9.17, 15) is 22.8 Å². The van der Waals surface area contributed by atoms with Crippen molar-refractivity contribution >= 4 is 17.6 Å². The lowest BCUT2D eigenvalue weighted by Gasteiger charge is -2.17. The first-order chi connectivity index (χ1) is 18.2. The summed E-state index contributed by atoms with van der Waals surface area (Å²) >= 11 is 0. The Morgan fingerprint density at radius 2 is 1.84 bits per heavy atom. The van der Waals surface area contributed by atoms with Crippen LogP contribution in [-0.4, -0.2) is 31.5 Å². The number of hydrogen-bond acceptors (Lipinski definition) is 6. The van der Waals surface area contributed by atoms with Crippen LogP contribution < -0.4 is 19.1 Å². The number of rotatable bonds is 8. The highest BCUT2D eigenvalue weighted by Crippen LogP contribution is 2.39. The molecule has 3 aromatic carbocycles. The number of fused-ring (bicyclic) bond motifs is 2. The van der Waals surface area contributed by atoms with Gasteiger partial charge in [0.1, 0.15) is 23.9 Å². The number of carbonyl (C=O) groups excluding carboxylic acids is 2. The van der Waals surface area contributed by atoms with Gasteiger partial charge in [-0.05, 0) is 54.4 Å². The van der Waals surface area contributed by atoms with Crippen molar-refractivity contribution < 1.29 is 41.7 Å². The number of halogens is 3. The van der Waals surface area contributed by atoms with Crippen LogP contribution in [0.3, 0.4) is 0 Å². The molecule has 3 aromatic rings. The third-order valence-electron chi connectivity index (χ3n) is 6.42. The minimum Gasteiger partial charge on any atom is -0.492 e. The Hall–Kier alpha value is -4.21. The van der Waals surface area contributed by atoms with Crippen LogP contribution in [0.25, 0.3) is 0 Å². The molecular formula is C28H24F3NO6. The minimum atomic E-state index is -4.79. The second kappa shape index (κ2) is 10.3. The molecule has 0 radical (unpaired) electrons. The van der Waals surface area contributed by atoms with Gasteiger partial charge < -0.3 is 23.8 Å². The lowest BCUT2D eigenvalue weighted by Crippen LogP contribution is -2.23. The average molecular weight is 527 g/mol. The SMILES string of the molecule is CCOC(=O)CC1COc2cc(OCc3cccc4c3CN(c3ccc(OC(F)(F)F)cc3)C4=O)ccc21. The smallest absolute Gasteiger partial charge is 0.492 e. The fourth-order valence-electron chi connectivity index (χ4n) is 4.67. The molecule has 0 spiro atoms. The van der Waals surface area contributed by atoms with Gasteiger partial charge in [-0.15, -0.1) is 13.2 Å². The molecule has 0 aromatic heterocycles. The molecule has 1 amide bonds. The van der Waals surface area contributed by atoms with Gasteiger partial charge in [-0.1, -0.05) is 18.2 Å². The summed E-state index contributed by atoms with van der Waals surface area (Å²) in [7, 11) is 0. The van der Waals surface area contributed by atoms with E-state index < -0.39 is 6.36 Å². The third kappa shape index (κ3) is 5.39. The van der Waals surface area contributed by atoms with Crippen molar-refractivity contribution in [3.63, 3.8) is 0 Å². The van der Waals surface area contributed by atoms with Crippen molar-refractivity contribution in [3.05, 3.63) is 82.9 Å². The second-order valence-corrected chi connectivity index (χ2v) is 8.88. The molecule has 10 heteroatoms. The summed E-state index contributed by atoms with van der Waals surface area (Å²) in [6.07, 6.45) is -4.54. The third-order valence-corrected chi connectivity index (χ3v) is 6.42. The molecule has 0 saturated carbocycles. The normalized spacial score (nSPS) is 16.1. The van der Waals surface area contributed by atoms with Crippen molar-refractivity contribution in [2.24, 2.45) is 0 Å². The van der Waals surface area contributed by atoms with Crippen LogP contribution in [0.2, 0.25) is 0 Å². The van der Waals surface area contributed by atoms with E-state index in [1.807, 2.05) is 18.2 Å². The number of alkyl halides is 3. The molecule has 0 aliphatic carbocycles. The Labute approximate surface area is 216 Å². The van der Waals surface area contributed by atoms with Gasteiger partial charge in [0.15, 0.2) is 0 Å². The molecule has 0 fully saturated rings. The maximum absolute atomic E-state index is 13.0. The standard InChI is InChI=1S/C28H24F3NO6/c1-2-35-26(33)12-18-16-37-25-13-21(10-11-22(18)25)36-15-17-4-3-5-23-24(17)14-32(27(23)34)19-6-8-20(9-7-19)38-28(29,30)31/h3-11,13,18H,2,12,14-16H2,1H3. The van der Waals surface area contributed by atoms with Crippen molar-refractivity contribution in [2.75, 3.05) is 18.1 Å². The summed E-state index contributed by atoms with van der Waals surface area (Å²) in [4.78, 5) is 26.4. The zero-order chi connectivity index (χ0) is 26.9. The van der Waals surface area contributed by atoms with E-state index in [4.69, 9.17) is 14.2 Å². The number of carbonyl (C=O) groups is 2. The van der Waals surface area contributed by atoms with Crippen LogP contribution in [0.4, 0.5) is 18.9 Å². The van der Waals surface area contributed by atoms with Crippen LogP contribution >= 0.6 is 0 Å². The number of ether oxygens (including phenoxy) is 4. The van der Waals surface area contributed by atoms with Gasteiger partial charge in [-0.2, -0.15) is 0 Å². The molecular weight excluding hydrogens is 503 g/mol. The summed E-state index contributed by atoms with van der Waals surface area (Å²) in [5.74, 6) is 0.312. The Kier molecular flexibility index (Phi) is 6.88. The lowest BCUT2D eigenvalue weighted by atomic mass is 9.98. The van der Waals surface area contributed by atoms with Crippen molar-refractivity contribution in [1.29, 1.82) is 0 Å². The first-order valence-corrected chi connectivity index (χ1v) is 12.1. The molecule has 2 aliphatic heterocycles. The first-order valence-electron chi connectivity index (χ1n) is 12.1. The number of esters is 1. The Bertz CT molecular complexity index is 1360. The molecule has 2 heterocycles. The largest absolute Gasteiger partial charge is 0.573 e. The molecule has 1 atom stereocenters. The van der Waals surface area contributed by atoms with Gasteiger partial charge in [0.2, 0.25) is 0 Å². The Morgan fingerprint density at radius 1 is 1.08 bits per heavy atom. The van der Waals surface area contributed by atoms with Gasteiger partial charge in [-0.25, -0.2) is 0 Å². The van der Waals surface area contributed by atoms with Gasteiger partial charge in [0.25, 0.3) is 5.91 Å². The monoisotopic (exact) mass is 527 g/mol. The molecule has 5 rings (SSSR count). The number of anilines is 1. The van der Waals surface area contributed by atoms with Gasteiger partial charge in [0, 0.05) is 28.8 Å². The Balaban J connectivity index is 1.26. The zero-order valence-corrected chi connectivity index (χ0v) is 20.4. The fraction of sp³-hybridized carbons (Fsp3) is 0.286. The van der Waals surface area contributed by atoms with E-state index in [2.05, 4.69) is 4.74 Å². The van der Waals surface area contributed by atoms with Crippen molar-refractivity contribution in [3.8, 4) is 17.2 Å². The molecule has 1 unspecified atom stereocenters. The predicted molar refractivity (Wildman–Crippen MR) is 130 cm³/mol. The van der Waals surface area contributed by atoms with E-state index in [1.165, 1.54) is 29.2 Å². The summed E-state index contributed by atoms with van der Waals surface area (Å²) < 4.78 is 58.1. The van der Waals surface area contributed by atoms with Gasteiger partial charge >= 0.3 is 12.3 Å². The average Bonchev–Trinajstić information content (AvgIpc) is 3.43. The molecule has 0 bridgehead atoms. The quantitative estimate of drug-likeness (QED) is 0.347. The fourth-order valence-corrected chi connectivity index (χ4v) is 4.67. The molecule has 198 valence electrons. The van der Waals surface area contributed by atoms with Crippen LogP contribution in [0.1, 0.15) is 46.3 Å². The lowest BCUT2D eigenvalue weighted by molar-refractivity contribution is -0.274. The Morgan fingerprint density at radius 3 is 2.58 bits per heavy atom. The van der Waals surface area contributed by atoms with Crippen molar-refractivity contribution in [2.45, 2.75) is 38.8 Å².